The molecule has 21 heavy (non-hydrogen) atoms. The Balaban J connectivity index is 1.97. The number of amides is 1. The van der Waals surface area contributed by atoms with Crippen LogP contribution in [0, 0.1) is 5.92 Å². The molecule has 5 nitrogen and oxygen atoms in total. The molecule has 1 fully saturated rings. The van der Waals surface area contributed by atoms with Crippen molar-refractivity contribution in [1.82, 2.24) is 4.90 Å². The molecular weight excluding hydrogens is 268 g/mol. The number of Topliss-reactive ketones (excluding diaryl/α,β-unsaturated/α-hetero) is 1. The van der Waals surface area contributed by atoms with Gasteiger partial charge in [0.2, 0.25) is 0 Å². The van der Waals surface area contributed by atoms with Gasteiger partial charge in [-0.05, 0) is 31.0 Å². The number of carbonyl (C=O) groups is 2. The molecule has 2 rings (SSSR count). The van der Waals surface area contributed by atoms with Gasteiger partial charge in [-0.3, -0.25) is 9.59 Å². The number of nitrogens with two attached hydrogens (primary N) is 1. The molecule has 0 atom stereocenters. The maximum atomic E-state index is 11.9. The maximum absolute atomic E-state index is 11.9. The Kier molecular flexibility index (Phi) is 4.83. The predicted octanol–water partition coefficient (Wildman–Crippen LogP) is 2.11. The number of ketones is 1. The molecule has 1 aromatic carbocycles. The molecule has 1 aliphatic rings. The fourth-order valence-electron chi connectivity index (χ4n) is 2.36. The Morgan fingerprint density at radius 1 is 1.29 bits per heavy atom. The Morgan fingerprint density at radius 3 is 2.52 bits per heavy atom. The lowest BCUT2D eigenvalue weighted by Gasteiger charge is -2.16. The molecule has 0 spiro atoms. The molecule has 5 heteroatoms. The van der Waals surface area contributed by atoms with E-state index in [-0.39, 0.29) is 24.2 Å². The fraction of sp³-hybridized carbons (Fsp3) is 0.500. The predicted molar refractivity (Wildman–Crippen MR) is 81.3 cm³/mol. The van der Waals surface area contributed by atoms with Crippen LogP contribution in [0.2, 0.25) is 0 Å². The smallest absolute Gasteiger partial charge is 0.260 e. The second kappa shape index (κ2) is 6.61. The highest BCUT2D eigenvalue weighted by Crippen LogP contribution is 2.24. The number of rotatable bonds is 5. The monoisotopic (exact) mass is 290 g/mol. The van der Waals surface area contributed by atoms with E-state index in [1.165, 1.54) is 0 Å². The number of ether oxygens (including phenoxy) is 1. The minimum absolute atomic E-state index is 0.0122. The summed E-state index contributed by atoms with van der Waals surface area (Å²) in [6.07, 6.45) is 2.11. The van der Waals surface area contributed by atoms with Crippen molar-refractivity contribution in [3.63, 3.8) is 0 Å². The first-order valence-corrected chi connectivity index (χ1v) is 7.33. The van der Waals surface area contributed by atoms with E-state index in [1.807, 2.05) is 13.8 Å². The Hall–Kier alpha value is -2.04. The third-order valence-corrected chi connectivity index (χ3v) is 3.63. The molecule has 1 saturated heterocycles. The second-order valence-electron chi connectivity index (χ2n) is 5.65. The summed E-state index contributed by atoms with van der Waals surface area (Å²) >= 11 is 0. The lowest BCUT2D eigenvalue weighted by molar-refractivity contribution is -0.132. The molecule has 0 bridgehead atoms. The Morgan fingerprint density at radius 2 is 1.95 bits per heavy atom. The lowest BCUT2D eigenvalue weighted by atomic mass is 10.0. The van der Waals surface area contributed by atoms with Crippen molar-refractivity contribution in [3.05, 3.63) is 23.8 Å². The summed E-state index contributed by atoms with van der Waals surface area (Å²) in [5, 5.41) is 0. The van der Waals surface area contributed by atoms with Crippen LogP contribution in [-0.4, -0.2) is 36.3 Å². The zero-order valence-electron chi connectivity index (χ0n) is 12.6. The molecule has 1 aliphatic heterocycles. The first-order valence-electron chi connectivity index (χ1n) is 7.33. The average Bonchev–Trinajstić information content (AvgIpc) is 2.99. The highest BCUT2D eigenvalue weighted by molar-refractivity contribution is 5.98. The zero-order valence-corrected chi connectivity index (χ0v) is 12.6. The van der Waals surface area contributed by atoms with Crippen LogP contribution in [-0.2, 0) is 4.79 Å². The first-order chi connectivity index (χ1) is 9.99. The summed E-state index contributed by atoms with van der Waals surface area (Å²) in [6, 6.07) is 4.95. The molecule has 1 amide bonds. The van der Waals surface area contributed by atoms with Gasteiger partial charge in [0.15, 0.2) is 12.4 Å². The normalized spacial score (nSPS) is 14.5. The number of benzene rings is 1. The Bertz CT molecular complexity index is 534. The fourth-order valence-corrected chi connectivity index (χ4v) is 2.36. The van der Waals surface area contributed by atoms with Gasteiger partial charge >= 0.3 is 0 Å². The molecular formula is C16H22N2O3. The third kappa shape index (κ3) is 3.74. The first kappa shape index (κ1) is 15.4. The molecule has 114 valence electrons. The van der Waals surface area contributed by atoms with Gasteiger partial charge in [0.25, 0.3) is 5.91 Å². The second-order valence-corrected chi connectivity index (χ2v) is 5.65. The van der Waals surface area contributed by atoms with E-state index in [0.717, 1.165) is 25.9 Å². The lowest BCUT2D eigenvalue weighted by Crippen LogP contribution is -2.32. The summed E-state index contributed by atoms with van der Waals surface area (Å²) in [6.45, 7) is 5.29. The minimum Gasteiger partial charge on any atom is -0.482 e. The number of hydrogen-bond acceptors (Lipinski definition) is 4. The molecule has 0 aliphatic carbocycles. The van der Waals surface area contributed by atoms with E-state index in [2.05, 4.69) is 0 Å². The molecule has 2 N–H and O–H groups in total. The highest BCUT2D eigenvalue weighted by atomic mass is 16.5. The molecule has 1 aromatic rings. The van der Waals surface area contributed by atoms with E-state index < -0.39 is 0 Å². The molecule has 1 heterocycles. The van der Waals surface area contributed by atoms with Crippen LogP contribution < -0.4 is 10.5 Å². The van der Waals surface area contributed by atoms with Gasteiger partial charge in [0, 0.05) is 24.6 Å². The van der Waals surface area contributed by atoms with E-state index in [1.54, 1.807) is 23.1 Å². The van der Waals surface area contributed by atoms with Gasteiger partial charge in [0.1, 0.15) is 5.75 Å². The van der Waals surface area contributed by atoms with Crippen molar-refractivity contribution in [1.29, 1.82) is 0 Å². The third-order valence-electron chi connectivity index (χ3n) is 3.63. The summed E-state index contributed by atoms with van der Waals surface area (Å²) < 4.78 is 5.48. The van der Waals surface area contributed by atoms with Crippen LogP contribution in [0.25, 0.3) is 0 Å². The van der Waals surface area contributed by atoms with Gasteiger partial charge in [-0.2, -0.15) is 0 Å². The van der Waals surface area contributed by atoms with Gasteiger partial charge in [0.05, 0.1) is 5.69 Å². The van der Waals surface area contributed by atoms with Crippen LogP contribution in [0.3, 0.4) is 0 Å². The summed E-state index contributed by atoms with van der Waals surface area (Å²) in [7, 11) is 0. The zero-order chi connectivity index (χ0) is 15.4. The molecule has 0 radical (unpaired) electrons. The summed E-state index contributed by atoms with van der Waals surface area (Å²) in [4.78, 5) is 25.6. The average molecular weight is 290 g/mol. The molecule has 0 aromatic heterocycles. The van der Waals surface area contributed by atoms with Crippen molar-refractivity contribution in [2.24, 2.45) is 5.92 Å². The van der Waals surface area contributed by atoms with Gasteiger partial charge in [-0.25, -0.2) is 0 Å². The van der Waals surface area contributed by atoms with E-state index in [0.29, 0.717) is 17.0 Å². The van der Waals surface area contributed by atoms with Crippen LogP contribution in [0.15, 0.2) is 18.2 Å². The Labute approximate surface area is 125 Å². The van der Waals surface area contributed by atoms with Gasteiger partial charge in [-0.15, -0.1) is 0 Å². The largest absolute Gasteiger partial charge is 0.482 e. The minimum atomic E-state index is -0.0760. The van der Waals surface area contributed by atoms with Crippen LogP contribution in [0.1, 0.15) is 37.0 Å². The van der Waals surface area contributed by atoms with Crippen LogP contribution in [0.5, 0.6) is 5.75 Å². The van der Waals surface area contributed by atoms with Gasteiger partial charge < -0.3 is 15.4 Å². The molecule has 0 saturated carbocycles. The molecule has 0 unspecified atom stereocenters. The van der Waals surface area contributed by atoms with E-state index >= 15 is 0 Å². The maximum Gasteiger partial charge on any atom is 0.260 e. The van der Waals surface area contributed by atoms with Crippen molar-refractivity contribution < 1.29 is 14.3 Å². The van der Waals surface area contributed by atoms with Crippen LogP contribution in [0.4, 0.5) is 5.69 Å². The SMILES string of the molecule is CC(C)C(=O)c1ccc(OCC(=O)N2CCCC2)c(N)c1. The number of nitrogens with zero attached hydrogens (tertiary/aromatic N) is 1. The number of likely N-dealkylation sites (tertiary alicyclic amines) is 1. The van der Waals surface area contributed by atoms with Gasteiger partial charge in [-0.1, -0.05) is 13.8 Å². The van der Waals surface area contributed by atoms with Crippen molar-refractivity contribution >= 4 is 17.4 Å². The van der Waals surface area contributed by atoms with Crippen molar-refractivity contribution in [3.8, 4) is 5.75 Å². The van der Waals surface area contributed by atoms with E-state index in [9.17, 15) is 9.59 Å². The van der Waals surface area contributed by atoms with E-state index in [4.69, 9.17) is 10.5 Å². The number of carbonyl (C=O) groups excluding carboxylic acids is 2. The van der Waals surface area contributed by atoms with Crippen LogP contribution >= 0.6 is 0 Å². The summed E-state index contributed by atoms with van der Waals surface area (Å²) in [5.41, 5.74) is 6.85. The number of nitrogen functional groups attached to an aromatic ring is 1. The van der Waals surface area contributed by atoms with Crippen molar-refractivity contribution in [2.75, 3.05) is 25.4 Å². The standard InChI is InChI=1S/C16H22N2O3/c1-11(2)16(20)12-5-6-14(13(17)9-12)21-10-15(19)18-7-3-4-8-18/h5-6,9,11H,3-4,7-8,10,17H2,1-2H3. The van der Waals surface area contributed by atoms with Crippen molar-refractivity contribution in [2.45, 2.75) is 26.7 Å². The number of anilines is 1. The highest BCUT2D eigenvalue weighted by Gasteiger charge is 2.19. The summed E-state index contributed by atoms with van der Waals surface area (Å²) in [5.74, 6) is 0.395. The quantitative estimate of drug-likeness (QED) is 0.666. The topological polar surface area (TPSA) is 72.6 Å². The number of hydrogen-bond donors (Lipinski definition) is 1.